The zero-order chi connectivity index (χ0) is 20.3. The van der Waals surface area contributed by atoms with Crippen LogP contribution in [0.2, 0.25) is 0 Å². The first-order valence-electron chi connectivity index (χ1n) is 9.55. The van der Waals surface area contributed by atoms with E-state index in [1.807, 2.05) is 72.8 Å². The Morgan fingerprint density at radius 2 is 1.57 bits per heavy atom. The van der Waals surface area contributed by atoms with Crippen molar-refractivity contribution in [3.8, 4) is 21.7 Å². The molecule has 0 bridgehead atoms. The van der Waals surface area contributed by atoms with E-state index in [-0.39, 0.29) is 5.56 Å². The third kappa shape index (κ3) is 3.47. The maximum absolute atomic E-state index is 13.1. The zero-order valence-electron chi connectivity index (χ0n) is 16.0. The van der Waals surface area contributed by atoms with Crippen LogP contribution in [-0.2, 0) is 0 Å². The van der Waals surface area contributed by atoms with Gasteiger partial charge in [-0.1, -0.05) is 84.1 Å². The number of rotatable bonds is 4. The van der Waals surface area contributed by atoms with E-state index in [1.54, 1.807) is 22.9 Å². The lowest BCUT2D eigenvalue weighted by molar-refractivity contribution is 1.08. The van der Waals surface area contributed by atoms with Crippen LogP contribution in [0.1, 0.15) is 11.3 Å². The topological polar surface area (TPSA) is 47.3 Å². The Labute approximate surface area is 177 Å². The predicted molar refractivity (Wildman–Crippen MR) is 123 cm³/mol. The van der Waals surface area contributed by atoms with E-state index in [0.717, 1.165) is 27.3 Å². The molecular formula is C25H17N3OS. The summed E-state index contributed by atoms with van der Waals surface area (Å²) in [5.41, 5.74) is 4.43. The summed E-state index contributed by atoms with van der Waals surface area (Å²) in [4.78, 5) is 23.7. The molecule has 0 amide bonds. The molecule has 5 heteroatoms. The fourth-order valence-corrected chi connectivity index (χ4v) is 4.54. The molecule has 0 aliphatic rings. The van der Waals surface area contributed by atoms with E-state index in [1.165, 1.54) is 11.3 Å². The van der Waals surface area contributed by atoms with Crippen LogP contribution >= 0.6 is 11.3 Å². The lowest BCUT2D eigenvalue weighted by atomic mass is 10.1. The number of aromatic nitrogens is 3. The van der Waals surface area contributed by atoms with Gasteiger partial charge in [-0.25, -0.2) is 4.98 Å². The molecule has 0 aliphatic carbocycles. The van der Waals surface area contributed by atoms with Crippen LogP contribution < -0.4 is 5.56 Å². The SMILES string of the molecule is O=c1cc(C=Cc2cccnc2)nc2sc(-c3ccccc3)c(-c3ccccc3)n12. The van der Waals surface area contributed by atoms with E-state index >= 15 is 0 Å². The number of hydrogen-bond donors (Lipinski definition) is 0. The van der Waals surface area contributed by atoms with Gasteiger partial charge >= 0.3 is 0 Å². The summed E-state index contributed by atoms with van der Waals surface area (Å²) in [6.45, 7) is 0. The van der Waals surface area contributed by atoms with E-state index in [2.05, 4.69) is 17.1 Å². The van der Waals surface area contributed by atoms with Gasteiger partial charge in [-0.15, -0.1) is 0 Å². The fourth-order valence-electron chi connectivity index (χ4n) is 3.38. The third-order valence-electron chi connectivity index (χ3n) is 4.75. The van der Waals surface area contributed by atoms with Gasteiger partial charge < -0.3 is 0 Å². The molecule has 0 saturated carbocycles. The van der Waals surface area contributed by atoms with Crippen LogP contribution in [0, 0.1) is 0 Å². The fraction of sp³-hybridized carbons (Fsp3) is 0. The molecule has 0 unspecified atom stereocenters. The Hall–Kier alpha value is -3.83. The van der Waals surface area contributed by atoms with Crippen LogP contribution in [0.15, 0.2) is 96.1 Å². The summed E-state index contributed by atoms with van der Waals surface area (Å²) in [5.74, 6) is 0. The second-order valence-electron chi connectivity index (χ2n) is 6.77. The minimum absolute atomic E-state index is 0.0943. The summed E-state index contributed by atoms with van der Waals surface area (Å²) in [6, 6.07) is 25.5. The first-order chi connectivity index (χ1) is 14.8. The zero-order valence-corrected chi connectivity index (χ0v) is 16.8. The van der Waals surface area contributed by atoms with Crippen molar-refractivity contribution >= 4 is 28.4 Å². The Morgan fingerprint density at radius 1 is 0.833 bits per heavy atom. The summed E-state index contributed by atoms with van der Waals surface area (Å²) in [7, 11) is 0. The van der Waals surface area contributed by atoms with Gasteiger partial charge in [0.15, 0.2) is 4.96 Å². The molecule has 30 heavy (non-hydrogen) atoms. The Morgan fingerprint density at radius 3 is 2.27 bits per heavy atom. The molecule has 4 nitrogen and oxygen atoms in total. The molecule has 0 aliphatic heterocycles. The lowest BCUT2D eigenvalue weighted by Crippen LogP contribution is -2.14. The highest BCUT2D eigenvalue weighted by Crippen LogP contribution is 2.38. The van der Waals surface area contributed by atoms with Gasteiger partial charge in [-0.3, -0.25) is 14.2 Å². The van der Waals surface area contributed by atoms with Gasteiger partial charge in [-0.05, 0) is 23.3 Å². The second-order valence-corrected chi connectivity index (χ2v) is 7.75. The maximum atomic E-state index is 13.1. The molecule has 5 rings (SSSR count). The molecule has 5 aromatic rings. The number of pyridine rings is 1. The van der Waals surface area contributed by atoms with E-state index in [0.29, 0.717) is 10.7 Å². The standard InChI is InChI=1S/C25H17N3OS/c29-22-16-21(14-13-18-8-7-15-26-17-18)27-25-28(22)23(19-9-3-1-4-10-19)24(30-25)20-11-5-2-6-12-20/h1-17H. The minimum Gasteiger partial charge on any atom is -0.269 e. The number of thiazole rings is 1. The molecule has 144 valence electrons. The van der Waals surface area contributed by atoms with Crippen molar-refractivity contribution < 1.29 is 0 Å². The number of nitrogens with zero attached hydrogens (tertiary/aromatic N) is 3. The minimum atomic E-state index is -0.0943. The summed E-state index contributed by atoms with van der Waals surface area (Å²) in [6.07, 6.45) is 7.27. The normalized spacial score (nSPS) is 11.3. The van der Waals surface area contributed by atoms with Gasteiger partial charge in [0, 0.05) is 24.0 Å². The van der Waals surface area contributed by atoms with Crippen molar-refractivity contribution in [2.24, 2.45) is 0 Å². The van der Waals surface area contributed by atoms with E-state index < -0.39 is 0 Å². The van der Waals surface area contributed by atoms with Gasteiger partial charge in [0.05, 0.1) is 16.3 Å². The molecule has 0 fully saturated rings. The Kier molecular flexibility index (Phi) is 4.79. The van der Waals surface area contributed by atoms with E-state index in [9.17, 15) is 4.79 Å². The Bertz CT molecular complexity index is 1390. The smallest absolute Gasteiger partial charge is 0.259 e. The molecule has 0 radical (unpaired) electrons. The van der Waals surface area contributed by atoms with E-state index in [4.69, 9.17) is 4.98 Å². The number of benzene rings is 2. The molecule has 2 aromatic carbocycles. The molecule has 3 heterocycles. The van der Waals surface area contributed by atoms with Crippen LogP contribution in [0.25, 0.3) is 38.8 Å². The largest absolute Gasteiger partial charge is 0.269 e. The van der Waals surface area contributed by atoms with Crippen molar-refractivity contribution in [1.29, 1.82) is 0 Å². The van der Waals surface area contributed by atoms with Crippen LogP contribution in [0.3, 0.4) is 0 Å². The molecular weight excluding hydrogens is 390 g/mol. The third-order valence-corrected chi connectivity index (χ3v) is 5.84. The van der Waals surface area contributed by atoms with Crippen LogP contribution in [0.5, 0.6) is 0 Å². The maximum Gasteiger partial charge on any atom is 0.259 e. The molecule has 0 saturated heterocycles. The van der Waals surface area contributed by atoms with Crippen molar-refractivity contribution in [1.82, 2.24) is 14.4 Å². The summed E-state index contributed by atoms with van der Waals surface area (Å²) >= 11 is 1.53. The molecule has 3 aromatic heterocycles. The quantitative estimate of drug-likeness (QED) is 0.386. The summed E-state index contributed by atoms with van der Waals surface area (Å²) < 4.78 is 1.71. The highest BCUT2D eigenvalue weighted by Gasteiger charge is 2.18. The highest BCUT2D eigenvalue weighted by molar-refractivity contribution is 7.20. The van der Waals surface area contributed by atoms with Crippen LogP contribution in [-0.4, -0.2) is 14.4 Å². The average molecular weight is 407 g/mol. The van der Waals surface area contributed by atoms with Gasteiger partial charge in [-0.2, -0.15) is 0 Å². The highest BCUT2D eigenvalue weighted by atomic mass is 32.1. The number of fused-ring (bicyclic) bond motifs is 1. The monoisotopic (exact) mass is 407 g/mol. The second kappa shape index (κ2) is 7.89. The first kappa shape index (κ1) is 18.2. The molecule has 0 spiro atoms. The van der Waals surface area contributed by atoms with Crippen molar-refractivity contribution in [2.75, 3.05) is 0 Å². The van der Waals surface area contributed by atoms with Gasteiger partial charge in [0.1, 0.15) is 0 Å². The average Bonchev–Trinajstić information content (AvgIpc) is 3.20. The summed E-state index contributed by atoms with van der Waals surface area (Å²) in [5, 5.41) is 0. The molecule has 0 N–H and O–H groups in total. The van der Waals surface area contributed by atoms with Crippen molar-refractivity contribution in [3.63, 3.8) is 0 Å². The molecule has 0 atom stereocenters. The van der Waals surface area contributed by atoms with Gasteiger partial charge in [0.2, 0.25) is 0 Å². The first-order valence-corrected chi connectivity index (χ1v) is 10.4. The predicted octanol–water partition coefficient (Wildman–Crippen LogP) is 5.66. The van der Waals surface area contributed by atoms with Gasteiger partial charge in [0.25, 0.3) is 5.56 Å². The van der Waals surface area contributed by atoms with Crippen molar-refractivity contribution in [3.05, 3.63) is 113 Å². The van der Waals surface area contributed by atoms with Crippen LogP contribution in [0.4, 0.5) is 0 Å². The van der Waals surface area contributed by atoms with Crippen molar-refractivity contribution in [2.45, 2.75) is 0 Å². The number of hydrogen-bond acceptors (Lipinski definition) is 4. The Balaban J connectivity index is 1.71. The lowest BCUT2D eigenvalue weighted by Gasteiger charge is -2.06.